The van der Waals surface area contributed by atoms with Crippen LogP contribution in [0.5, 0.6) is 0 Å². The van der Waals surface area contributed by atoms with E-state index in [-0.39, 0.29) is 27.3 Å². The molecular weight excluding hydrogens is 379 g/mol. The number of nitrogens with one attached hydrogen (secondary N) is 1. The summed E-state index contributed by atoms with van der Waals surface area (Å²) in [7, 11) is 2.87. The first kappa shape index (κ1) is 18.2. The number of nitrogens with zero attached hydrogens (tertiary/aromatic N) is 3. The summed E-state index contributed by atoms with van der Waals surface area (Å²) in [6, 6.07) is 4.52. The second kappa shape index (κ2) is 6.59. The van der Waals surface area contributed by atoms with Crippen molar-refractivity contribution < 1.29 is 4.79 Å². The van der Waals surface area contributed by atoms with Crippen molar-refractivity contribution in [2.45, 2.75) is 6.92 Å². The minimum absolute atomic E-state index is 0.140. The maximum atomic E-state index is 12.7. The first-order chi connectivity index (χ1) is 12.2. The van der Waals surface area contributed by atoms with Crippen molar-refractivity contribution in [3.05, 3.63) is 66.4 Å². The van der Waals surface area contributed by atoms with Crippen molar-refractivity contribution in [1.29, 1.82) is 0 Å². The van der Waals surface area contributed by atoms with Gasteiger partial charge in [0.05, 0.1) is 16.3 Å². The highest BCUT2D eigenvalue weighted by molar-refractivity contribution is 6.36. The van der Waals surface area contributed by atoms with Crippen LogP contribution in [-0.4, -0.2) is 20.0 Å². The van der Waals surface area contributed by atoms with E-state index >= 15 is 0 Å². The van der Waals surface area contributed by atoms with Gasteiger partial charge >= 0.3 is 5.69 Å². The Bertz CT molecular complexity index is 1180. The van der Waals surface area contributed by atoms with Gasteiger partial charge in [-0.25, -0.2) is 9.78 Å². The molecule has 0 saturated carbocycles. The van der Waals surface area contributed by atoms with Crippen molar-refractivity contribution >= 4 is 45.8 Å². The zero-order chi connectivity index (χ0) is 19.2. The van der Waals surface area contributed by atoms with Gasteiger partial charge in [0.25, 0.3) is 11.5 Å². The minimum Gasteiger partial charge on any atom is -0.321 e. The van der Waals surface area contributed by atoms with Gasteiger partial charge < -0.3 is 5.32 Å². The lowest BCUT2D eigenvalue weighted by molar-refractivity contribution is 0.102. The molecule has 0 atom stereocenters. The normalized spacial score (nSPS) is 11.0. The maximum absolute atomic E-state index is 12.7. The lowest BCUT2D eigenvalue weighted by Gasteiger charge is -2.14. The number of hydrogen-bond donors (Lipinski definition) is 1. The van der Waals surface area contributed by atoms with E-state index in [0.717, 1.165) is 4.57 Å². The summed E-state index contributed by atoms with van der Waals surface area (Å²) in [6.07, 6.45) is 1.48. The third-order valence-electron chi connectivity index (χ3n) is 4.07. The number of amides is 1. The Hall–Kier alpha value is -2.64. The van der Waals surface area contributed by atoms with Gasteiger partial charge in [-0.3, -0.25) is 18.7 Å². The predicted molar refractivity (Wildman–Crippen MR) is 101 cm³/mol. The van der Waals surface area contributed by atoms with Gasteiger partial charge in [-0.15, -0.1) is 0 Å². The second-order valence-electron chi connectivity index (χ2n) is 5.80. The molecule has 0 unspecified atom stereocenters. The van der Waals surface area contributed by atoms with E-state index in [1.54, 1.807) is 13.0 Å². The lowest BCUT2D eigenvalue weighted by atomic mass is 10.1. The quantitative estimate of drug-likeness (QED) is 0.725. The van der Waals surface area contributed by atoms with Crippen LogP contribution < -0.4 is 16.6 Å². The molecule has 7 nitrogen and oxygen atoms in total. The number of carbonyl (C=O) groups excluding carboxylic acids is 1. The summed E-state index contributed by atoms with van der Waals surface area (Å²) in [5.74, 6) is -0.524. The molecule has 3 aromatic rings. The van der Waals surface area contributed by atoms with E-state index in [9.17, 15) is 14.4 Å². The molecule has 26 heavy (non-hydrogen) atoms. The van der Waals surface area contributed by atoms with Crippen molar-refractivity contribution in [2.75, 3.05) is 5.32 Å². The smallest absolute Gasteiger partial charge is 0.321 e. The van der Waals surface area contributed by atoms with Crippen LogP contribution in [0.4, 0.5) is 5.69 Å². The van der Waals surface area contributed by atoms with E-state index in [2.05, 4.69) is 10.3 Å². The summed E-state index contributed by atoms with van der Waals surface area (Å²) in [5.41, 5.74) is 0.133. The molecule has 2 aromatic heterocycles. The largest absolute Gasteiger partial charge is 0.332 e. The number of carbonyl (C=O) groups is 1. The molecule has 134 valence electrons. The predicted octanol–water partition coefficient (Wildman–Crippen LogP) is 2.50. The Morgan fingerprint density at radius 1 is 1.15 bits per heavy atom. The monoisotopic (exact) mass is 392 g/mol. The Kier molecular flexibility index (Phi) is 4.60. The van der Waals surface area contributed by atoms with Crippen LogP contribution in [0.2, 0.25) is 10.0 Å². The Morgan fingerprint density at radius 2 is 1.85 bits per heavy atom. The minimum atomic E-state index is -0.549. The molecule has 3 rings (SSSR count). The molecule has 0 spiro atoms. The number of halogens is 2. The number of pyridine rings is 1. The van der Waals surface area contributed by atoms with Crippen molar-refractivity contribution in [1.82, 2.24) is 14.1 Å². The standard InChI is InChI=1S/C17H14Cl2N4O3/c1-8-7-20-14-12(16(25)23(3)17(26)22(14)2)13(8)21-15(24)10-6-9(18)4-5-11(10)19/h4-7H,1-3H3,(H,20,21,24). The van der Waals surface area contributed by atoms with Crippen LogP contribution in [0.3, 0.4) is 0 Å². The van der Waals surface area contributed by atoms with Gasteiger partial charge in [-0.1, -0.05) is 23.2 Å². The van der Waals surface area contributed by atoms with E-state index < -0.39 is 17.2 Å². The molecule has 1 N–H and O–H groups in total. The molecule has 1 amide bonds. The Morgan fingerprint density at radius 3 is 2.54 bits per heavy atom. The van der Waals surface area contributed by atoms with Crippen molar-refractivity contribution in [3.8, 4) is 0 Å². The highest BCUT2D eigenvalue weighted by Gasteiger charge is 2.19. The molecule has 0 radical (unpaired) electrons. The highest BCUT2D eigenvalue weighted by atomic mass is 35.5. The first-order valence-corrected chi connectivity index (χ1v) is 8.29. The van der Waals surface area contributed by atoms with Crippen LogP contribution in [0, 0.1) is 6.92 Å². The summed E-state index contributed by atoms with van der Waals surface area (Å²) in [5, 5.41) is 3.42. The third kappa shape index (κ3) is 2.89. The van der Waals surface area contributed by atoms with Gasteiger partial charge in [-0.2, -0.15) is 0 Å². The fourth-order valence-electron chi connectivity index (χ4n) is 2.64. The first-order valence-electron chi connectivity index (χ1n) is 7.54. The van der Waals surface area contributed by atoms with Crippen LogP contribution in [0.1, 0.15) is 15.9 Å². The summed E-state index contributed by atoms with van der Waals surface area (Å²) in [4.78, 5) is 41.6. The molecule has 0 saturated heterocycles. The number of aryl methyl sites for hydroxylation is 2. The van der Waals surface area contributed by atoms with Crippen LogP contribution in [-0.2, 0) is 14.1 Å². The average Bonchev–Trinajstić information content (AvgIpc) is 2.61. The molecule has 0 bridgehead atoms. The Balaban J connectivity index is 2.24. The summed E-state index contributed by atoms with van der Waals surface area (Å²) < 4.78 is 2.21. The number of rotatable bonds is 2. The average molecular weight is 393 g/mol. The number of aromatic nitrogens is 3. The SMILES string of the molecule is Cc1cnc2c(c1NC(=O)c1cc(Cl)ccc1Cl)c(=O)n(C)c(=O)n2C. The zero-order valence-electron chi connectivity index (χ0n) is 14.1. The van der Waals surface area contributed by atoms with E-state index in [1.165, 1.54) is 37.0 Å². The number of benzene rings is 1. The Labute approximate surface area is 157 Å². The third-order valence-corrected chi connectivity index (χ3v) is 4.63. The maximum Gasteiger partial charge on any atom is 0.332 e. The molecule has 1 aromatic carbocycles. The van der Waals surface area contributed by atoms with Crippen LogP contribution in [0.15, 0.2) is 34.0 Å². The van der Waals surface area contributed by atoms with E-state index in [1.807, 2.05) is 0 Å². The van der Waals surface area contributed by atoms with Gasteiger partial charge in [-0.05, 0) is 30.7 Å². The molecule has 0 aliphatic rings. The van der Waals surface area contributed by atoms with Gasteiger partial charge in [0.15, 0.2) is 5.65 Å². The number of hydrogen-bond acceptors (Lipinski definition) is 4. The summed E-state index contributed by atoms with van der Waals surface area (Å²) in [6.45, 7) is 1.70. The summed E-state index contributed by atoms with van der Waals surface area (Å²) >= 11 is 12.0. The van der Waals surface area contributed by atoms with Gasteiger partial charge in [0.2, 0.25) is 0 Å². The molecule has 0 aliphatic carbocycles. The van der Waals surface area contributed by atoms with E-state index in [0.29, 0.717) is 10.6 Å². The van der Waals surface area contributed by atoms with Crippen LogP contribution >= 0.6 is 23.2 Å². The topological polar surface area (TPSA) is 86.0 Å². The van der Waals surface area contributed by atoms with Gasteiger partial charge in [0, 0.05) is 25.3 Å². The lowest BCUT2D eigenvalue weighted by Crippen LogP contribution is -2.37. The second-order valence-corrected chi connectivity index (χ2v) is 6.64. The van der Waals surface area contributed by atoms with Crippen molar-refractivity contribution in [2.24, 2.45) is 14.1 Å². The molecule has 0 fully saturated rings. The number of fused-ring (bicyclic) bond motifs is 1. The fourth-order valence-corrected chi connectivity index (χ4v) is 3.01. The fraction of sp³-hybridized carbons (Fsp3) is 0.176. The number of anilines is 1. The van der Waals surface area contributed by atoms with Crippen molar-refractivity contribution in [3.63, 3.8) is 0 Å². The molecular formula is C17H14Cl2N4O3. The highest BCUT2D eigenvalue weighted by Crippen LogP contribution is 2.25. The van der Waals surface area contributed by atoms with E-state index in [4.69, 9.17) is 23.2 Å². The molecule has 0 aliphatic heterocycles. The van der Waals surface area contributed by atoms with Gasteiger partial charge in [0.1, 0.15) is 5.39 Å². The molecule has 2 heterocycles. The molecule has 9 heteroatoms. The zero-order valence-corrected chi connectivity index (χ0v) is 15.6. The van der Waals surface area contributed by atoms with Crippen LogP contribution in [0.25, 0.3) is 11.0 Å².